The molecule has 0 N–H and O–H groups in total. The Morgan fingerprint density at radius 3 is 2.50 bits per heavy atom. The number of rotatable bonds is 5. The number of aromatic nitrogens is 2. The van der Waals surface area contributed by atoms with E-state index in [1.54, 1.807) is 13.2 Å². The molecule has 1 aromatic carbocycles. The maximum absolute atomic E-state index is 13.7. The fourth-order valence-corrected chi connectivity index (χ4v) is 5.63. The molecule has 2 atom stereocenters. The standard InChI is InChI=1S/C19H23F3N2O3S/c1-12(2)27-15-5-6-16(9-15)28(25,26)18-7-4-13(8-17(18)19(20,21)22)14-10-23-24(3)11-14/h4,7-8,10-12,15-16H,5-6,9H2,1-3H3/t15-,16-/m0/s1. The maximum Gasteiger partial charge on any atom is 0.417 e. The Kier molecular flexibility index (Phi) is 5.60. The van der Waals surface area contributed by atoms with Crippen LogP contribution in [0.25, 0.3) is 11.1 Å². The second-order valence-corrected chi connectivity index (χ2v) is 9.59. The number of alkyl halides is 3. The summed E-state index contributed by atoms with van der Waals surface area (Å²) in [5, 5.41) is 3.08. The molecule has 1 aromatic heterocycles. The first-order valence-electron chi connectivity index (χ1n) is 9.08. The zero-order valence-electron chi connectivity index (χ0n) is 15.9. The predicted octanol–water partition coefficient (Wildman–Crippen LogP) is 4.23. The number of hydrogen-bond donors (Lipinski definition) is 0. The molecular weight excluding hydrogens is 393 g/mol. The number of benzene rings is 1. The van der Waals surface area contributed by atoms with Gasteiger partial charge in [-0.25, -0.2) is 8.42 Å². The van der Waals surface area contributed by atoms with Gasteiger partial charge in [-0.1, -0.05) is 6.07 Å². The van der Waals surface area contributed by atoms with Crippen LogP contribution in [0.3, 0.4) is 0 Å². The van der Waals surface area contributed by atoms with Crippen LogP contribution in [0.15, 0.2) is 35.5 Å². The lowest BCUT2D eigenvalue weighted by Crippen LogP contribution is -2.24. The molecule has 1 aliphatic carbocycles. The van der Waals surface area contributed by atoms with Crippen LogP contribution in [0, 0.1) is 0 Å². The van der Waals surface area contributed by atoms with Gasteiger partial charge in [-0.05, 0) is 50.8 Å². The molecule has 2 aromatic rings. The van der Waals surface area contributed by atoms with E-state index in [1.807, 2.05) is 13.8 Å². The second kappa shape index (κ2) is 7.51. The van der Waals surface area contributed by atoms with E-state index in [1.165, 1.54) is 16.9 Å². The lowest BCUT2D eigenvalue weighted by atomic mass is 10.1. The van der Waals surface area contributed by atoms with Crippen molar-refractivity contribution in [3.63, 3.8) is 0 Å². The number of nitrogens with zero attached hydrogens (tertiary/aromatic N) is 2. The Morgan fingerprint density at radius 2 is 1.93 bits per heavy atom. The van der Waals surface area contributed by atoms with Gasteiger partial charge in [0.15, 0.2) is 9.84 Å². The van der Waals surface area contributed by atoms with Gasteiger partial charge in [0.05, 0.1) is 34.1 Å². The van der Waals surface area contributed by atoms with E-state index in [-0.39, 0.29) is 24.2 Å². The lowest BCUT2D eigenvalue weighted by molar-refractivity contribution is -0.139. The summed E-state index contributed by atoms with van der Waals surface area (Å²) in [6, 6.07) is 3.36. The molecule has 0 spiro atoms. The minimum Gasteiger partial charge on any atom is -0.376 e. The molecule has 0 unspecified atom stereocenters. The van der Waals surface area contributed by atoms with Crippen molar-refractivity contribution >= 4 is 9.84 Å². The number of hydrogen-bond acceptors (Lipinski definition) is 4. The van der Waals surface area contributed by atoms with Crippen molar-refractivity contribution in [3.8, 4) is 11.1 Å². The number of ether oxygens (including phenoxy) is 1. The first kappa shape index (κ1) is 20.9. The molecule has 1 fully saturated rings. The highest BCUT2D eigenvalue weighted by Gasteiger charge is 2.42. The molecule has 0 radical (unpaired) electrons. The van der Waals surface area contributed by atoms with Gasteiger partial charge in [-0.3, -0.25) is 4.68 Å². The summed E-state index contributed by atoms with van der Waals surface area (Å²) in [6.45, 7) is 3.70. The SMILES string of the molecule is CC(C)O[C@H]1CC[C@H](S(=O)(=O)c2ccc(-c3cnn(C)c3)cc2C(F)(F)F)C1. The van der Waals surface area contributed by atoms with Gasteiger partial charge >= 0.3 is 6.18 Å². The van der Waals surface area contributed by atoms with E-state index in [0.29, 0.717) is 18.4 Å². The van der Waals surface area contributed by atoms with E-state index < -0.39 is 31.7 Å². The molecule has 1 heterocycles. The molecule has 0 bridgehead atoms. The third-order valence-corrected chi connectivity index (χ3v) is 7.14. The smallest absolute Gasteiger partial charge is 0.376 e. The quantitative estimate of drug-likeness (QED) is 0.732. The monoisotopic (exact) mass is 416 g/mol. The van der Waals surface area contributed by atoms with E-state index in [9.17, 15) is 21.6 Å². The Balaban J connectivity index is 1.98. The molecule has 3 rings (SSSR count). The van der Waals surface area contributed by atoms with Crippen molar-refractivity contribution in [3.05, 3.63) is 36.2 Å². The summed E-state index contributed by atoms with van der Waals surface area (Å²) in [6.07, 6.45) is -1.05. The van der Waals surface area contributed by atoms with Crippen LogP contribution in [-0.4, -0.2) is 35.7 Å². The number of sulfone groups is 1. The summed E-state index contributed by atoms with van der Waals surface area (Å²) in [7, 11) is -2.48. The highest BCUT2D eigenvalue weighted by Crippen LogP contribution is 2.40. The van der Waals surface area contributed by atoms with E-state index in [4.69, 9.17) is 4.74 Å². The zero-order valence-corrected chi connectivity index (χ0v) is 16.7. The Hall–Kier alpha value is -1.87. The zero-order chi connectivity index (χ0) is 20.7. The molecule has 1 aliphatic rings. The van der Waals surface area contributed by atoms with Crippen molar-refractivity contribution in [1.29, 1.82) is 0 Å². The van der Waals surface area contributed by atoms with Gasteiger partial charge < -0.3 is 4.74 Å². The van der Waals surface area contributed by atoms with Gasteiger partial charge in [0.2, 0.25) is 0 Å². The highest BCUT2D eigenvalue weighted by atomic mass is 32.2. The van der Waals surface area contributed by atoms with E-state index in [0.717, 1.165) is 12.1 Å². The minimum absolute atomic E-state index is 0.0593. The van der Waals surface area contributed by atoms with Crippen molar-refractivity contribution < 1.29 is 26.3 Å². The minimum atomic E-state index is -4.78. The largest absolute Gasteiger partial charge is 0.417 e. The van der Waals surface area contributed by atoms with Crippen molar-refractivity contribution in [2.45, 2.75) is 61.6 Å². The second-order valence-electron chi connectivity index (χ2n) is 7.40. The molecule has 28 heavy (non-hydrogen) atoms. The summed E-state index contributed by atoms with van der Waals surface area (Å²) in [4.78, 5) is -0.664. The van der Waals surface area contributed by atoms with Crippen LogP contribution in [0.2, 0.25) is 0 Å². The topological polar surface area (TPSA) is 61.2 Å². The number of halogens is 3. The van der Waals surface area contributed by atoms with Gasteiger partial charge in [-0.2, -0.15) is 18.3 Å². The molecule has 5 nitrogen and oxygen atoms in total. The van der Waals surface area contributed by atoms with Crippen LogP contribution >= 0.6 is 0 Å². The van der Waals surface area contributed by atoms with Crippen LogP contribution < -0.4 is 0 Å². The van der Waals surface area contributed by atoms with Gasteiger partial charge in [0.25, 0.3) is 0 Å². The van der Waals surface area contributed by atoms with Crippen molar-refractivity contribution in [2.24, 2.45) is 7.05 Å². The van der Waals surface area contributed by atoms with Gasteiger partial charge in [0.1, 0.15) is 0 Å². The summed E-state index contributed by atoms with van der Waals surface area (Å²) in [5.74, 6) is 0. The first-order chi connectivity index (χ1) is 13.0. The summed E-state index contributed by atoms with van der Waals surface area (Å²) >= 11 is 0. The maximum atomic E-state index is 13.7. The van der Waals surface area contributed by atoms with Crippen molar-refractivity contribution in [2.75, 3.05) is 0 Å². The average molecular weight is 416 g/mol. The molecular formula is C19H23F3N2O3S. The summed E-state index contributed by atoms with van der Waals surface area (Å²) in [5.41, 5.74) is -0.378. The van der Waals surface area contributed by atoms with Crippen LogP contribution in [0.1, 0.15) is 38.7 Å². The normalized spacial score (nSPS) is 20.8. The van der Waals surface area contributed by atoms with Crippen molar-refractivity contribution in [1.82, 2.24) is 9.78 Å². The summed E-state index contributed by atoms with van der Waals surface area (Å²) < 4.78 is 74.3. The Labute approximate surface area is 162 Å². The third kappa shape index (κ3) is 4.25. The number of aryl methyl sites for hydroxylation is 1. The fourth-order valence-electron chi connectivity index (χ4n) is 3.62. The molecule has 1 saturated carbocycles. The molecule has 154 valence electrons. The van der Waals surface area contributed by atoms with Gasteiger partial charge in [-0.15, -0.1) is 0 Å². The predicted molar refractivity (Wildman–Crippen MR) is 98.5 cm³/mol. The Bertz CT molecular complexity index is 952. The lowest BCUT2D eigenvalue weighted by Gasteiger charge is -2.19. The Morgan fingerprint density at radius 1 is 1.21 bits per heavy atom. The molecule has 9 heteroatoms. The van der Waals surface area contributed by atoms with E-state index in [2.05, 4.69) is 5.10 Å². The fraction of sp³-hybridized carbons (Fsp3) is 0.526. The molecule has 0 saturated heterocycles. The van der Waals surface area contributed by atoms with Crippen LogP contribution in [-0.2, 0) is 27.8 Å². The van der Waals surface area contributed by atoms with Crippen LogP contribution in [0.5, 0.6) is 0 Å². The highest BCUT2D eigenvalue weighted by molar-refractivity contribution is 7.92. The van der Waals surface area contributed by atoms with Gasteiger partial charge in [0, 0.05) is 18.8 Å². The third-order valence-electron chi connectivity index (χ3n) is 4.87. The molecule has 0 aliphatic heterocycles. The van der Waals surface area contributed by atoms with Crippen LogP contribution in [0.4, 0.5) is 13.2 Å². The first-order valence-corrected chi connectivity index (χ1v) is 10.6. The average Bonchev–Trinajstić information content (AvgIpc) is 3.22. The van der Waals surface area contributed by atoms with E-state index >= 15 is 0 Å². The molecule has 0 amide bonds.